The van der Waals surface area contributed by atoms with Gasteiger partial charge in [0.15, 0.2) is 0 Å². The number of carbonyl (C=O) groups is 1. The molecule has 1 heterocycles. The van der Waals surface area contributed by atoms with E-state index in [0.29, 0.717) is 0 Å². The van der Waals surface area contributed by atoms with Crippen LogP contribution in [-0.4, -0.2) is 24.7 Å². The lowest BCUT2D eigenvalue weighted by molar-refractivity contribution is -0.123. The molecule has 0 saturated carbocycles. The van der Waals surface area contributed by atoms with Crippen LogP contribution >= 0.6 is 0 Å². The third-order valence-corrected chi connectivity index (χ3v) is 2.95. The molecule has 0 aromatic heterocycles. The lowest BCUT2D eigenvalue weighted by Gasteiger charge is -2.19. The SMILES string of the molecule is CN1C(=O)C(C)(CO)c2ccccc21. The molecule has 0 bridgehead atoms. The number of aliphatic hydroxyl groups is 1. The quantitative estimate of drug-likeness (QED) is 0.716. The van der Waals surface area contributed by atoms with E-state index in [1.807, 2.05) is 24.3 Å². The number of benzene rings is 1. The predicted molar refractivity (Wildman–Crippen MR) is 54.3 cm³/mol. The fourth-order valence-corrected chi connectivity index (χ4v) is 1.98. The normalized spacial score (nSPS) is 25.4. The second kappa shape index (κ2) is 2.82. The van der Waals surface area contributed by atoms with E-state index in [4.69, 9.17) is 0 Å². The summed E-state index contributed by atoms with van der Waals surface area (Å²) in [6.45, 7) is 1.63. The van der Waals surface area contributed by atoms with Crippen LogP contribution in [0.2, 0.25) is 0 Å². The van der Waals surface area contributed by atoms with Gasteiger partial charge >= 0.3 is 0 Å². The molecule has 0 radical (unpaired) electrons. The Morgan fingerprint density at radius 1 is 1.43 bits per heavy atom. The molecule has 0 fully saturated rings. The van der Waals surface area contributed by atoms with Crippen molar-refractivity contribution >= 4 is 11.6 Å². The molecule has 3 nitrogen and oxygen atoms in total. The van der Waals surface area contributed by atoms with Gasteiger partial charge in [0.2, 0.25) is 5.91 Å². The van der Waals surface area contributed by atoms with E-state index in [1.54, 1.807) is 18.9 Å². The fourth-order valence-electron chi connectivity index (χ4n) is 1.98. The topological polar surface area (TPSA) is 40.5 Å². The Bertz CT molecular complexity index is 389. The maximum atomic E-state index is 11.9. The molecule has 2 rings (SSSR count). The second-order valence-corrected chi connectivity index (χ2v) is 3.87. The van der Waals surface area contributed by atoms with Gasteiger partial charge < -0.3 is 10.0 Å². The average molecular weight is 191 g/mol. The summed E-state index contributed by atoms with van der Waals surface area (Å²) in [7, 11) is 1.74. The maximum absolute atomic E-state index is 11.9. The van der Waals surface area contributed by atoms with Gasteiger partial charge in [-0.2, -0.15) is 0 Å². The molecule has 74 valence electrons. The van der Waals surface area contributed by atoms with E-state index < -0.39 is 5.41 Å². The van der Waals surface area contributed by atoms with E-state index in [2.05, 4.69) is 0 Å². The van der Waals surface area contributed by atoms with Crippen molar-refractivity contribution < 1.29 is 9.90 Å². The highest BCUT2D eigenvalue weighted by atomic mass is 16.3. The highest BCUT2D eigenvalue weighted by Crippen LogP contribution is 2.40. The number of nitrogens with zero attached hydrogens (tertiary/aromatic N) is 1. The maximum Gasteiger partial charge on any atom is 0.239 e. The molecular weight excluding hydrogens is 178 g/mol. The number of anilines is 1. The lowest BCUT2D eigenvalue weighted by Crippen LogP contribution is -2.38. The zero-order valence-electron chi connectivity index (χ0n) is 8.32. The van der Waals surface area contributed by atoms with Crippen molar-refractivity contribution in [2.75, 3.05) is 18.6 Å². The van der Waals surface area contributed by atoms with Gasteiger partial charge in [0.25, 0.3) is 0 Å². The standard InChI is InChI=1S/C11H13NO2/c1-11(7-13)8-5-3-4-6-9(8)12(2)10(11)14/h3-6,13H,7H2,1-2H3. The third kappa shape index (κ3) is 0.930. The monoisotopic (exact) mass is 191 g/mol. The van der Waals surface area contributed by atoms with Crippen LogP contribution in [0.3, 0.4) is 0 Å². The first-order valence-electron chi connectivity index (χ1n) is 4.60. The molecule has 1 amide bonds. The van der Waals surface area contributed by atoms with Crippen LogP contribution in [0, 0.1) is 0 Å². The minimum atomic E-state index is -0.759. The van der Waals surface area contributed by atoms with Crippen molar-refractivity contribution in [1.29, 1.82) is 0 Å². The minimum absolute atomic E-state index is 0.0406. The number of likely N-dealkylation sites (N-methyl/N-ethyl adjacent to an activating group) is 1. The number of para-hydroxylation sites is 1. The first kappa shape index (κ1) is 9.21. The molecule has 1 aliphatic heterocycles. The highest BCUT2D eigenvalue weighted by molar-refractivity contribution is 6.07. The Labute approximate surface area is 83.0 Å². The molecule has 1 N–H and O–H groups in total. The average Bonchev–Trinajstić information content (AvgIpc) is 2.43. The van der Waals surface area contributed by atoms with Gasteiger partial charge in [0.1, 0.15) is 0 Å². The summed E-state index contributed by atoms with van der Waals surface area (Å²) in [6.07, 6.45) is 0. The number of carbonyl (C=O) groups excluding carboxylic acids is 1. The zero-order chi connectivity index (χ0) is 10.3. The number of hydrogen-bond donors (Lipinski definition) is 1. The van der Waals surface area contributed by atoms with Crippen molar-refractivity contribution in [1.82, 2.24) is 0 Å². The Morgan fingerprint density at radius 2 is 2.07 bits per heavy atom. The summed E-state index contributed by atoms with van der Waals surface area (Å²) in [5.74, 6) is -0.0406. The van der Waals surface area contributed by atoms with E-state index in [9.17, 15) is 9.90 Å². The highest BCUT2D eigenvalue weighted by Gasteiger charge is 2.45. The van der Waals surface area contributed by atoms with Crippen LogP contribution in [0.5, 0.6) is 0 Å². The number of fused-ring (bicyclic) bond motifs is 1. The van der Waals surface area contributed by atoms with Crippen LogP contribution in [0.1, 0.15) is 12.5 Å². The summed E-state index contributed by atoms with van der Waals surface area (Å²) >= 11 is 0. The van der Waals surface area contributed by atoms with E-state index >= 15 is 0 Å². The summed E-state index contributed by atoms with van der Waals surface area (Å²) in [6, 6.07) is 7.58. The molecule has 1 atom stereocenters. The van der Waals surface area contributed by atoms with Crippen molar-refractivity contribution in [3.05, 3.63) is 29.8 Å². The summed E-state index contributed by atoms with van der Waals surface area (Å²) in [5.41, 5.74) is 1.05. The molecule has 1 unspecified atom stereocenters. The second-order valence-electron chi connectivity index (χ2n) is 3.87. The Balaban J connectivity index is 2.65. The Morgan fingerprint density at radius 3 is 2.71 bits per heavy atom. The smallest absolute Gasteiger partial charge is 0.239 e. The van der Waals surface area contributed by atoms with Gasteiger partial charge in [-0.1, -0.05) is 18.2 Å². The number of amides is 1. The molecule has 1 aliphatic rings. The number of rotatable bonds is 1. The van der Waals surface area contributed by atoms with Gasteiger partial charge in [0.05, 0.1) is 12.0 Å². The van der Waals surface area contributed by atoms with Crippen molar-refractivity contribution in [2.24, 2.45) is 0 Å². The van der Waals surface area contributed by atoms with Crippen LogP contribution in [0.15, 0.2) is 24.3 Å². The first-order chi connectivity index (χ1) is 6.61. The number of aliphatic hydroxyl groups excluding tert-OH is 1. The molecule has 0 saturated heterocycles. The lowest BCUT2D eigenvalue weighted by atomic mass is 9.85. The van der Waals surface area contributed by atoms with E-state index in [1.165, 1.54) is 0 Å². The third-order valence-electron chi connectivity index (χ3n) is 2.95. The van der Waals surface area contributed by atoms with E-state index in [0.717, 1.165) is 11.3 Å². The van der Waals surface area contributed by atoms with Gasteiger partial charge in [-0.3, -0.25) is 4.79 Å². The van der Waals surface area contributed by atoms with Crippen LogP contribution < -0.4 is 4.90 Å². The Hall–Kier alpha value is -1.35. The van der Waals surface area contributed by atoms with Gasteiger partial charge in [-0.15, -0.1) is 0 Å². The van der Waals surface area contributed by atoms with Crippen molar-refractivity contribution in [3.63, 3.8) is 0 Å². The van der Waals surface area contributed by atoms with Crippen LogP contribution in [0.25, 0.3) is 0 Å². The summed E-state index contributed by atoms with van der Waals surface area (Å²) in [4.78, 5) is 13.5. The summed E-state index contributed by atoms with van der Waals surface area (Å²) in [5, 5.41) is 9.31. The van der Waals surface area contributed by atoms with Crippen LogP contribution in [0.4, 0.5) is 5.69 Å². The largest absolute Gasteiger partial charge is 0.395 e. The number of hydrogen-bond acceptors (Lipinski definition) is 2. The zero-order valence-corrected chi connectivity index (χ0v) is 8.32. The van der Waals surface area contributed by atoms with E-state index in [-0.39, 0.29) is 12.5 Å². The molecular formula is C11H13NO2. The van der Waals surface area contributed by atoms with Crippen molar-refractivity contribution in [2.45, 2.75) is 12.3 Å². The summed E-state index contributed by atoms with van der Waals surface area (Å²) < 4.78 is 0. The molecule has 3 heteroatoms. The fraction of sp³-hybridized carbons (Fsp3) is 0.364. The van der Waals surface area contributed by atoms with Gasteiger partial charge in [0, 0.05) is 12.7 Å². The molecule has 0 aliphatic carbocycles. The molecule has 0 spiro atoms. The van der Waals surface area contributed by atoms with Crippen molar-refractivity contribution in [3.8, 4) is 0 Å². The molecule has 14 heavy (non-hydrogen) atoms. The predicted octanol–water partition coefficient (Wildman–Crippen LogP) is 0.913. The van der Waals surface area contributed by atoms with Gasteiger partial charge in [-0.05, 0) is 18.6 Å². The molecule has 1 aromatic rings. The Kier molecular flexibility index (Phi) is 1.86. The first-order valence-corrected chi connectivity index (χ1v) is 4.60. The van der Waals surface area contributed by atoms with Gasteiger partial charge in [-0.25, -0.2) is 0 Å². The van der Waals surface area contributed by atoms with Crippen LogP contribution in [-0.2, 0) is 10.2 Å². The minimum Gasteiger partial charge on any atom is -0.395 e. The molecule has 1 aromatic carbocycles.